The van der Waals surface area contributed by atoms with Crippen LogP contribution in [0.25, 0.3) is 0 Å². The Balaban J connectivity index is 2.77. The molecule has 15 heavy (non-hydrogen) atoms. The lowest BCUT2D eigenvalue weighted by Gasteiger charge is -2.07. The van der Waals surface area contributed by atoms with Gasteiger partial charge in [-0.05, 0) is 35.0 Å². The molecule has 0 radical (unpaired) electrons. The van der Waals surface area contributed by atoms with E-state index in [0.29, 0.717) is 15.2 Å². The molecular formula is C10H9BrClNO2. The van der Waals surface area contributed by atoms with Crippen LogP contribution in [0.1, 0.15) is 13.3 Å². The number of carbonyl (C=O) groups excluding carboxylic acids is 2. The molecule has 0 aromatic heterocycles. The first-order valence-electron chi connectivity index (χ1n) is 4.24. The van der Waals surface area contributed by atoms with Gasteiger partial charge in [0, 0.05) is 0 Å². The van der Waals surface area contributed by atoms with E-state index in [0.717, 1.165) is 0 Å². The maximum absolute atomic E-state index is 11.3. The van der Waals surface area contributed by atoms with E-state index in [2.05, 4.69) is 21.2 Å². The average Bonchev–Trinajstić information content (AvgIpc) is 2.11. The Kier molecular flexibility index (Phi) is 4.29. The zero-order chi connectivity index (χ0) is 11.4. The number of benzene rings is 1. The van der Waals surface area contributed by atoms with Gasteiger partial charge in [0.2, 0.25) is 5.91 Å². The normalized spacial score (nSPS) is 9.80. The van der Waals surface area contributed by atoms with E-state index < -0.39 is 0 Å². The summed E-state index contributed by atoms with van der Waals surface area (Å²) >= 11 is 9.08. The minimum absolute atomic E-state index is 0.126. The summed E-state index contributed by atoms with van der Waals surface area (Å²) in [6, 6.07) is 5.12. The van der Waals surface area contributed by atoms with Crippen molar-refractivity contribution in [3.63, 3.8) is 0 Å². The summed E-state index contributed by atoms with van der Waals surface area (Å²) in [5, 5.41) is 3.10. The van der Waals surface area contributed by atoms with Crippen LogP contribution in [0.3, 0.4) is 0 Å². The quantitative estimate of drug-likeness (QED) is 0.870. The molecule has 0 unspecified atom stereocenters. The molecule has 0 spiro atoms. The van der Waals surface area contributed by atoms with Gasteiger partial charge in [-0.15, -0.1) is 0 Å². The molecule has 0 aliphatic rings. The molecule has 0 heterocycles. The zero-order valence-electron chi connectivity index (χ0n) is 8.01. The van der Waals surface area contributed by atoms with Crippen molar-refractivity contribution in [2.45, 2.75) is 13.3 Å². The highest BCUT2D eigenvalue weighted by Gasteiger charge is 2.09. The van der Waals surface area contributed by atoms with E-state index in [1.165, 1.54) is 6.92 Å². The SMILES string of the molecule is CC(=O)CC(=O)Nc1cccc(Cl)c1Br. The van der Waals surface area contributed by atoms with E-state index in [1.807, 2.05) is 0 Å². The molecule has 1 N–H and O–H groups in total. The topological polar surface area (TPSA) is 46.2 Å². The lowest BCUT2D eigenvalue weighted by molar-refractivity contribution is -0.124. The van der Waals surface area contributed by atoms with Gasteiger partial charge in [0.1, 0.15) is 5.78 Å². The number of anilines is 1. The van der Waals surface area contributed by atoms with Gasteiger partial charge in [-0.2, -0.15) is 0 Å². The number of hydrogen-bond donors (Lipinski definition) is 1. The molecule has 1 aromatic rings. The summed E-state index contributed by atoms with van der Waals surface area (Å²) in [4.78, 5) is 22.0. The maximum atomic E-state index is 11.3. The molecule has 0 aliphatic heterocycles. The van der Waals surface area contributed by atoms with Crippen molar-refractivity contribution in [1.82, 2.24) is 0 Å². The van der Waals surface area contributed by atoms with Gasteiger partial charge < -0.3 is 5.32 Å². The molecule has 80 valence electrons. The van der Waals surface area contributed by atoms with Crippen molar-refractivity contribution < 1.29 is 9.59 Å². The zero-order valence-corrected chi connectivity index (χ0v) is 10.4. The third-order valence-electron chi connectivity index (χ3n) is 1.64. The van der Waals surface area contributed by atoms with Gasteiger partial charge in [-0.25, -0.2) is 0 Å². The van der Waals surface area contributed by atoms with Crippen molar-refractivity contribution in [2.75, 3.05) is 5.32 Å². The van der Waals surface area contributed by atoms with Crippen molar-refractivity contribution in [2.24, 2.45) is 0 Å². The smallest absolute Gasteiger partial charge is 0.231 e. The fourth-order valence-electron chi connectivity index (χ4n) is 1.02. The number of Topliss-reactive ketones (excluding diaryl/α,β-unsaturated/α-hetero) is 1. The Bertz CT molecular complexity index is 406. The molecule has 0 bridgehead atoms. The highest BCUT2D eigenvalue weighted by Crippen LogP contribution is 2.29. The molecule has 5 heteroatoms. The second-order valence-corrected chi connectivity index (χ2v) is 4.23. The van der Waals surface area contributed by atoms with Crippen molar-refractivity contribution in [3.8, 4) is 0 Å². The molecule has 0 saturated heterocycles. The summed E-state index contributed by atoms with van der Waals surface area (Å²) in [6.07, 6.45) is -0.126. The Morgan fingerprint density at radius 3 is 2.73 bits per heavy atom. The van der Waals surface area contributed by atoms with Crippen molar-refractivity contribution in [1.29, 1.82) is 0 Å². The van der Waals surface area contributed by atoms with Gasteiger partial charge >= 0.3 is 0 Å². The van der Waals surface area contributed by atoms with E-state index in [1.54, 1.807) is 18.2 Å². The van der Waals surface area contributed by atoms with E-state index >= 15 is 0 Å². The molecule has 1 aromatic carbocycles. The van der Waals surface area contributed by atoms with Crippen molar-refractivity contribution in [3.05, 3.63) is 27.7 Å². The Morgan fingerprint density at radius 2 is 2.13 bits per heavy atom. The minimum atomic E-state index is -0.342. The summed E-state index contributed by atoms with van der Waals surface area (Å²) in [5.41, 5.74) is 0.564. The van der Waals surface area contributed by atoms with Crippen LogP contribution < -0.4 is 5.32 Å². The number of ketones is 1. The fraction of sp³-hybridized carbons (Fsp3) is 0.200. The van der Waals surface area contributed by atoms with Gasteiger partial charge in [-0.3, -0.25) is 9.59 Å². The number of carbonyl (C=O) groups is 2. The lowest BCUT2D eigenvalue weighted by atomic mass is 10.2. The van der Waals surface area contributed by atoms with Crippen LogP contribution in [0, 0.1) is 0 Å². The van der Waals surface area contributed by atoms with E-state index in [-0.39, 0.29) is 18.1 Å². The Hall–Kier alpha value is -0.870. The van der Waals surface area contributed by atoms with Crippen molar-refractivity contribution >= 4 is 44.9 Å². The standard InChI is InChI=1S/C10H9BrClNO2/c1-6(14)5-9(15)13-8-4-2-3-7(12)10(8)11/h2-4H,5H2,1H3,(H,13,15). The van der Waals surface area contributed by atoms with Crippen LogP contribution in [0.5, 0.6) is 0 Å². The van der Waals surface area contributed by atoms with Gasteiger partial charge in [0.05, 0.1) is 21.6 Å². The number of amides is 1. The molecule has 0 aliphatic carbocycles. The third-order valence-corrected chi connectivity index (χ3v) is 3.03. The molecule has 0 atom stereocenters. The number of rotatable bonds is 3. The molecule has 1 rings (SSSR count). The molecule has 1 amide bonds. The lowest BCUT2D eigenvalue weighted by Crippen LogP contribution is -2.15. The first-order valence-corrected chi connectivity index (χ1v) is 5.41. The highest BCUT2D eigenvalue weighted by molar-refractivity contribution is 9.10. The minimum Gasteiger partial charge on any atom is -0.325 e. The highest BCUT2D eigenvalue weighted by atomic mass is 79.9. The molecular weight excluding hydrogens is 281 g/mol. The predicted molar refractivity (Wildman–Crippen MR) is 63.1 cm³/mol. The summed E-state index contributed by atoms with van der Waals surface area (Å²) in [7, 11) is 0. The Morgan fingerprint density at radius 1 is 1.47 bits per heavy atom. The number of nitrogens with one attached hydrogen (secondary N) is 1. The van der Waals surface area contributed by atoms with Crippen LogP contribution in [0.4, 0.5) is 5.69 Å². The van der Waals surface area contributed by atoms with E-state index in [4.69, 9.17) is 11.6 Å². The van der Waals surface area contributed by atoms with Gasteiger partial charge in [0.25, 0.3) is 0 Å². The summed E-state index contributed by atoms with van der Waals surface area (Å²) in [5.74, 6) is -0.517. The fourth-order valence-corrected chi connectivity index (χ4v) is 1.56. The first-order chi connectivity index (χ1) is 7.00. The van der Waals surface area contributed by atoms with Crippen LogP contribution in [0.15, 0.2) is 22.7 Å². The largest absolute Gasteiger partial charge is 0.325 e. The first kappa shape index (κ1) is 12.2. The predicted octanol–water partition coefficient (Wildman–Crippen LogP) is 3.02. The molecule has 0 fully saturated rings. The molecule has 0 saturated carbocycles. The third kappa shape index (κ3) is 3.64. The summed E-state index contributed by atoms with van der Waals surface area (Å²) in [6.45, 7) is 1.37. The number of halogens is 2. The van der Waals surface area contributed by atoms with Crippen LogP contribution in [-0.4, -0.2) is 11.7 Å². The second kappa shape index (κ2) is 5.28. The van der Waals surface area contributed by atoms with Crippen LogP contribution in [0.2, 0.25) is 5.02 Å². The summed E-state index contributed by atoms with van der Waals surface area (Å²) < 4.78 is 0.614. The molecule has 3 nitrogen and oxygen atoms in total. The maximum Gasteiger partial charge on any atom is 0.231 e. The van der Waals surface area contributed by atoms with Gasteiger partial charge in [0.15, 0.2) is 0 Å². The van der Waals surface area contributed by atoms with Crippen LogP contribution >= 0.6 is 27.5 Å². The number of hydrogen-bond acceptors (Lipinski definition) is 2. The Labute approximate surface area is 101 Å². The average molecular weight is 291 g/mol. The van der Waals surface area contributed by atoms with Gasteiger partial charge in [-0.1, -0.05) is 17.7 Å². The van der Waals surface area contributed by atoms with Crippen LogP contribution in [-0.2, 0) is 9.59 Å². The monoisotopic (exact) mass is 289 g/mol. The second-order valence-electron chi connectivity index (χ2n) is 3.03. The van der Waals surface area contributed by atoms with E-state index in [9.17, 15) is 9.59 Å².